The molecule has 0 bridgehead atoms. The van der Waals surface area contributed by atoms with Crippen molar-refractivity contribution in [3.8, 4) is 0 Å². The lowest BCUT2D eigenvalue weighted by Gasteiger charge is -2.39. The number of amides is 2. The highest BCUT2D eigenvalue weighted by Crippen LogP contribution is 2.25. The van der Waals surface area contributed by atoms with Crippen LogP contribution in [0.2, 0.25) is 0 Å². The molecule has 0 spiro atoms. The topological polar surface area (TPSA) is 59.1 Å². The van der Waals surface area contributed by atoms with Gasteiger partial charge in [-0.3, -0.25) is 14.5 Å². The summed E-state index contributed by atoms with van der Waals surface area (Å²) in [6, 6.07) is -0.508. The number of likely N-dealkylation sites (N-methyl/N-ethyl adjacent to an activating group) is 1. The van der Waals surface area contributed by atoms with Gasteiger partial charge < -0.3 is 4.74 Å². The summed E-state index contributed by atoms with van der Waals surface area (Å²) < 4.78 is 5.39. The van der Waals surface area contributed by atoms with Crippen LogP contribution in [0.25, 0.3) is 0 Å². The van der Waals surface area contributed by atoms with Crippen molar-refractivity contribution in [3.63, 3.8) is 0 Å². The quantitative estimate of drug-likeness (QED) is 0.729. The lowest BCUT2D eigenvalue weighted by atomic mass is 9.94. The zero-order valence-electron chi connectivity index (χ0n) is 13.3. The number of hydrogen-bond donors (Lipinski definition) is 0. The molecule has 1 fully saturated rings. The number of likely N-dealkylation sites (tertiary alicyclic amines) is 1. The van der Waals surface area contributed by atoms with E-state index in [0.29, 0.717) is 18.9 Å². The second kappa shape index (κ2) is 6.43. The van der Waals surface area contributed by atoms with E-state index in [2.05, 4.69) is 6.92 Å². The predicted octanol–water partition coefficient (Wildman–Crippen LogP) is 2.04. The first-order valence-electron chi connectivity index (χ1n) is 6.97. The summed E-state index contributed by atoms with van der Waals surface area (Å²) >= 11 is 0. The van der Waals surface area contributed by atoms with Gasteiger partial charge in [-0.05, 0) is 39.5 Å². The van der Waals surface area contributed by atoms with Crippen LogP contribution < -0.4 is 0 Å². The number of carbonyl (C=O) groups excluding carboxylic acids is 2. The summed E-state index contributed by atoms with van der Waals surface area (Å²) in [4.78, 5) is 31.0. The van der Waals surface area contributed by atoms with Crippen molar-refractivity contribution < 1.29 is 19.2 Å². The monoisotopic (exact) mass is 286 g/mol. The third kappa shape index (κ3) is 4.37. The Hall–Kier alpha value is -1.30. The van der Waals surface area contributed by atoms with Crippen LogP contribution in [0.15, 0.2) is 0 Å². The van der Waals surface area contributed by atoms with Crippen LogP contribution in [-0.4, -0.2) is 54.3 Å². The fraction of sp³-hybridized carbons (Fsp3) is 0.857. The van der Waals surface area contributed by atoms with Crippen LogP contribution in [0, 0.1) is 5.92 Å². The highest BCUT2D eigenvalue weighted by Gasteiger charge is 2.38. The molecule has 0 saturated carbocycles. The Morgan fingerprint density at radius 1 is 1.25 bits per heavy atom. The Labute approximate surface area is 121 Å². The molecule has 0 aromatic carbocycles. The fourth-order valence-electron chi connectivity index (χ4n) is 2.23. The fourth-order valence-corrected chi connectivity index (χ4v) is 2.23. The summed E-state index contributed by atoms with van der Waals surface area (Å²) in [6.45, 7) is 8.05. The van der Waals surface area contributed by atoms with Crippen molar-refractivity contribution >= 4 is 12.0 Å². The molecule has 2 amide bonds. The maximum Gasteiger partial charge on any atom is 0.410 e. The third-order valence-electron chi connectivity index (χ3n) is 3.31. The van der Waals surface area contributed by atoms with Gasteiger partial charge in [0.15, 0.2) is 0 Å². The van der Waals surface area contributed by atoms with Crippen LogP contribution in [0.4, 0.5) is 4.79 Å². The standard InChI is InChI=1S/C14H26N2O4/c1-10-7-8-11(12(17)15(5)19-6)16(9-10)13(18)20-14(2,3)4/h10-11H,7-9H2,1-6H3/t10-,11+/m1/s1. The van der Waals surface area contributed by atoms with Crippen LogP contribution in [0.5, 0.6) is 0 Å². The molecule has 1 saturated heterocycles. The van der Waals surface area contributed by atoms with E-state index >= 15 is 0 Å². The minimum Gasteiger partial charge on any atom is -0.444 e. The van der Waals surface area contributed by atoms with Gasteiger partial charge in [0.05, 0.1) is 7.11 Å². The van der Waals surface area contributed by atoms with Crippen LogP contribution in [0.3, 0.4) is 0 Å². The van der Waals surface area contributed by atoms with Gasteiger partial charge in [-0.25, -0.2) is 9.86 Å². The maximum atomic E-state index is 12.3. The van der Waals surface area contributed by atoms with Crippen LogP contribution >= 0.6 is 0 Å². The highest BCUT2D eigenvalue weighted by molar-refractivity contribution is 5.85. The normalized spacial score (nSPS) is 23.4. The van der Waals surface area contributed by atoms with E-state index < -0.39 is 17.7 Å². The first kappa shape index (κ1) is 16.8. The molecule has 0 unspecified atom stereocenters. The zero-order valence-corrected chi connectivity index (χ0v) is 13.3. The van der Waals surface area contributed by atoms with Crippen LogP contribution in [0.1, 0.15) is 40.5 Å². The van der Waals surface area contributed by atoms with E-state index in [1.54, 1.807) is 7.05 Å². The van der Waals surface area contributed by atoms with Gasteiger partial charge in [-0.1, -0.05) is 6.92 Å². The molecule has 2 atom stereocenters. The molecular weight excluding hydrogens is 260 g/mol. The molecule has 0 aromatic heterocycles. The Morgan fingerprint density at radius 3 is 2.35 bits per heavy atom. The molecule has 6 heteroatoms. The Morgan fingerprint density at radius 2 is 1.85 bits per heavy atom. The van der Waals surface area contributed by atoms with Crippen molar-refractivity contribution in [3.05, 3.63) is 0 Å². The number of rotatable bonds is 2. The second-order valence-corrected chi connectivity index (χ2v) is 6.35. The number of hydroxylamine groups is 2. The van der Waals surface area contributed by atoms with Gasteiger partial charge in [0.2, 0.25) is 0 Å². The Balaban J connectivity index is 2.85. The minimum atomic E-state index is -0.571. The molecule has 0 aromatic rings. The molecule has 1 heterocycles. The van der Waals surface area contributed by atoms with E-state index in [-0.39, 0.29) is 5.91 Å². The number of carbonyl (C=O) groups is 2. The first-order valence-corrected chi connectivity index (χ1v) is 6.97. The molecule has 1 rings (SSSR count). The number of ether oxygens (including phenoxy) is 1. The number of hydrogen-bond acceptors (Lipinski definition) is 4. The average molecular weight is 286 g/mol. The lowest BCUT2D eigenvalue weighted by molar-refractivity contribution is -0.175. The van der Waals surface area contributed by atoms with E-state index in [9.17, 15) is 9.59 Å². The van der Waals surface area contributed by atoms with Crippen molar-refractivity contribution in [2.75, 3.05) is 20.7 Å². The first-order chi connectivity index (χ1) is 9.15. The third-order valence-corrected chi connectivity index (χ3v) is 3.31. The van der Waals surface area contributed by atoms with Crippen molar-refractivity contribution in [2.45, 2.75) is 52.2 Å². The molecule has 0 radical (unpaired) electrons. The molecule has 20 heavy (non-hydrogen) atoms. The van der Waals surface area contributed by atoms with Gasteiger partial charge >= 0.3 is 6.09 Å². The Bertz CT molecular complexity index is 365. The zero-order chi connectivity index (χ0) is 15.5. The predicted molar refractivity (Wildman–Crippen MR) is 74.9 cm³/mol. The second-order valence-electron chi connectivity index (χ2n) is 6.35. The largest absolute Gasteiger partial charge is 0.444 e. The average Bonchev–Trinajstić information content (AvgIpc) is 2.34. The van der Waals surface area contributed by atoms with Gasteiger partial charge in [0.1, 0.15) is 11.6 Å². The van der Waals surface area contributed by atoms with E-state index in [4.69, 9.17) is 9.57 Å². The SMILES string of the molecule is CON(C)C(=O)[C@@H]1CC[C@@H](C)CN1C(=O)OC(C)(C)C. The summed E-state index contributed by atoms with van der Waals surface area (Å²) in [6.07, 6.45) is 1.10. The van der Waals surface area contributed by atoms with Crippen LogP contribution in [-0.2, 0) is 14.4 Å². The van der Waals surface area contributed by atoms with E-state index in [0.717, 1.165) is 11.5 Å². The van der Waals surface area contributed by atoms with Gasteiger partial charge in [-0.2, -0.15) is 0 Å². The Kier molecular flexibility index (Phi) is 5.39. The minimum absolute atomic E-state index is 0.217. The molecule has 0 N–H and O–H groups in total. The molecule has 1 aliphatic rings. The van der Waals surface area contributed by atoms with Gasteiger partial charge in [0.25, 0.3) is 5.91 Å². The molecule has 1 aliphatic heterocycles. The summed E-state index contributed by atoms with van der Waals surface area (Å²) in [5.41, 5.74) is -0.571. The van der Waals surface area contributed by atoms with Crippen molar-refractivity contribution in [1.29, 1.82) is 0 Å². The summed E-state index contributed by atoms with van der Waals surface area (Å²) in [5, 5.41) is 1.16. The van der Waals surface area contributed by atoms with Crippen molar-refractivity contribution in [2.24, 2.45) is 5.92 Å². The molecule has 116 valence electrons. The number of nitrogens with zero attached hydrogens (tertiary/aromatic N) is 2. The summed E-state index contributed by atoms with van der Waals surface area (Å²) in [7, 11) is 2.98. The molecular formula is C14H26N2O4. The lowest BCUT2D eigenvalue weighted by Crippen LogP contribution is -2.54. The van der Waals surface area contributed by atoms with E-state index in [1.165, 1.54) is 12.0 Å². The maximum absolute atomic E-state index is 12.3. The molecule has 6 nitrogen and oxygen atoms in total. The summed E-state index contributed by atoms with van der Waals surface area (Å²) in [5.74, 6) is 0.143. The van der Waals surface area contributed by atoms with E-state index in [1.807, 2.05) is 20.8 Å². The van der Waals surface area contributed by atoms with Crippen molar-refractivity contribution in [1.82, 2.24) is 9.96 Å². The highest BCUT2D eigenvalue weighted by atomic mass is 16.7. The smallest absolute Gasteiger partial charge is 0.410 e. The van der Waals surface area contributed by atoms with Gasteiger partial charge in [0, 0.05) is 13.6 Å². The number of piperidine rings is 1. The molecule has 0 aliphatic carbocycles. The van der Waals surface area contributed by atoms with Gasteiger partial charge in [-0.15, -0.1) is 0 Å².